The van der Waals surface area contributed by atoms with Crippen molar-refractivity contribution in [3.63, 3.8) is 0 Å². The van der Waals surface area contributed by atoms with E-state index in [0.717, 1.165) is 29.7 Å². The van der Waals surface area contributed by atoms with Gasteiger partial charge in [0.2, 0.25) is 0 Å². The van der Waals surface area contributed by atoms with Crippen LogP contribution in [-0.2, 0) is 17.9 Å². The Kier molecular flexibility index (Phi) is 4.33. The zero-order valence-corrected chi connectivity index (χ0v) is 10.8. The van der Waals surface area contributed by atoms with Gasteiger partial charge < -0.3 is 14.5 Å². The van der Waals surface area contributed by atoms with E-state index in [1.165, 1.54) is 6.07 Å². The van der Waals surface area contributed by atoms with Crippen molar-refractivity contribution in [1.82, 2.24) is 5.32 Å². The molecule has 1 aromatic carbocycles. The van der Waals surface area contributed by atoms with Crippen LogP contribution in [-0.4, -0.2) is 13.7 Å². The summed E-state index contributed by atoms with van der Waals surface area (Å²) in [6.45, 7) is 4.04. The van der Waals surface area contributed by atoms with Gasteiger partial charge in [-0.1, -0.05) is 19.1 Å². The second-order valence-corrected chi connectivity index (χ2v) is 4.23. The van der Waals surface area contributed by atoms with E-state index in [2.05, 4.69) is 12.2 Å². The van der Waals surface area contributed by atoms with E-state index in [1.807, 2.05) is 6.07 Å². The third-order valence-electron chi connectivity index (χ3n) is 2.85. The average Bonchev–Trinajstić information content (AvgIpc) is 2.71. The quantitative estimate of drug-likeness (QED) is 0.800. The normalized spacial score (nSPS) is 11.3. The Morgan fingerprint density at radius 3 is 2.94 bits per heavy atom. The number of hydrogen-bond donors (Lipinski definition) is 1. The van der Waals surface area contributed by atoms with E-state index in [0.29, 0.717) is 18.7 Å². The number of benzene rings is 1. The average molecular weight is 251 g/mol. The molecule has 1 heterocycles. The minimum atomic E-state index is -0.327. The number of furan rings is 1. The van der Waals surface area contributed by atoms with E-state index < -0.39 is 0 Å². The van der Waals surface area contributed by atoms with Crippen LogP contribution in [0.25, 0.3) is 11.0 Å². The van der Waals surface area contributed by atoms with Gasteiger partial charge in [-0.05, 0) is 19.0 Å². The molecular weight excluding hydrogens is 233 g/mol. The van der Waals surface area contributed by atoms with E-state index >= 15 is 0 Å². The van der Waals surface area contributed by atoms with Gasteiger partial charge in [0.1, 0.15) is 5.76 Å². The molecule has 18 heavy (non-hydrogen) atoms. The number of rotatable bonds is 6. The maximum atomic E-state index is 13.7. The predicted molar refractivity (Wildman–Crippen MR) is 68.9 cm³/mol. The maximum Gasteiger partial charge on any atom is 0.170 e. The summed E-state index contributed by atoms with van der Waals surface area (Å²) < 4.78 is 24.4. The van der Waals surface area contributed by atoms with E-state index in [4.69, 9.17) is 9.15 Å². The summed E-state index contributed by atoms with van der Waals surface area (Å²) >= 11 is 0. The number of halogens is 1. The molecule has 0 aliphatic carbocycles. The summed E-state index contributed by atoms with van der Waals surface area (Å²) in [4.78, 5) is 0. The maximum absolute atomic E-state index is 13.7. The Bertz CT molecular complexity index is 522. The molecule has 0 saturated carbocycles. The molecule has 0 saturated heterocycles. The van der Waals surface area contributed by atoms with Crippen molar-refractivity contribution in [2.75, 3.05) is 13.7 Å². The van der Waals surface area contributed by atoms with Crippen LogP contribution >= 0.6 is 0 Å². The van der Waals surface area contributed by atoms with Crippen LogP contribution in [0.1, 0.15) is 24.7 Å². The Morgan fingerprint density at radius 2 is 2.22 bits per heavy atom. The topological polar surface area (TPSA) is 34.4 Å². The van der Waals surface area contributed by atoms with E-state index in [-0.39, 0.29) is 5.82 Å². The SMILES string of the molecule is CCCNCc1oc2c(F)cccc2c1COC. The highest BCUT2D eigenvalue weighted by Crippen LogP contribution is 2.28. The fraction of sp³-hybridized carbons (Fsp3) is 0.429. The van der Waals surface area contributed by atoms with Crippen LogP contribution in [0.5, 0.6) is 0 Å². The van der Waals surface area contributed by atoms with Gasteiger partial charge in [0.25, 0.3) is 0 Å². The van der Waals surface area contributed by atoms with Gasteiger partial charge >= 0.3 is 0 Å². The molecule has 4 heteroatoms. The molecule has 2 aromatic rings. The second kappa shape index (κ2) is 5.98. The van der Waals surface area contributed by atoms with Crippen molar-refractivity contribution >= 4 is 11.0 Å². The molecule has 0 atom stereocenters. The Hall–Kier alpha value is -1.39. The highest BCUT2D eigenvalue weighted by atomic mass is 19.1. The first-order chi connectivity index (χ1) is 8.77. The first kappa shape index (κ1) is 13.1. The minimum Gasteiger partial charge on any atom is -0.456 e. The molecule has 0 aliphatic rings. The monoisotopic (exact) mass is 251 g/mol. The van der Waals surface area contributed by atoms with Crippen molar-refractivity contribution in [1.29, 1.82) is 0 Å². The molecule has 0 aliphatic heterocycles. The van der Waals surface area contributed by atoms with Crippen LogP contribution in [0.4, 0.5) is 4.39 Å². The van der Waals surface area contributed by atoms with Gasteiger partial charge in [-0.25, -0.2) is 4.39 Å². The van der Waals surface area contributed by atoms with Crippen molar-refractivity contribution in [2.24, 2.45) is 0 Å². The zero-order chi connectivity index (χ0) is 13.0. The number of hydrogen-bond acceptors (Lipinski definition) is 3. The first-order valence-electron chi connectivity index (χ1n) is 6.16. The minimum absolute atomic E-state index is 0.317. The number of methoxy groups -OCH3 is 1. The summed E-state index contributed by atoms with van der Waals surface area (Å²) in [6.07, 6.45) is 1.05. The smallest absolute Gasteiger partial charge is 0.170 e. The molecule has 2 rings (SSSR count). The zero-order valence-electron chi connectivity index (χ0n) is 10.8. The highest BCUT2D eigenvalue weighted by molar-refractivity contribution is 5.82. The summed E-state index contributed by atoms with van der Waals surface area (Å²) in [5, 5.41) is 4.06. The van der Waals surface area contributed by atoms with Crippen LogP contribution in [0.3, 0.4) is 0 Å². The van der Waals surface area contributed by atoms with Gasteiger partial charge in [-0.2, -0.15) is 0 Å². The molecule has 3 nitrogen and oxygen atoms in total. The summed E-state index contributed by atoms with van der Waals surface area (Å²) in [5.41, 5.74) is 1.24. The van der Waals surface area contributed by atoms with Gasteiger partial charge in [-0.3, -0.25) is 0 Å². The molecular formula is C14H18FNO2. The molecule has 0 radical (unpaired) electrons. The molecule has 0 spiro atoms. The van der Waals surface area contributed by atoms with Crippen LogP contribution in [0.15, 0.2) is 22.6 Å². The number of ether oxygens (including phenoxy) is 1. The Morgan fingerprint density at radius 1 is 1.39 bits per heavy atom. The number of para-hydroxylation sites is 1. The molecule has 0 amide bonds. The van der Waals surface area contributed by atoms with Crippen LogP contribution in [0.2, 0.25) is 0 Å². The van der Waals surface area contributed by atoms with Gasteiger partial charge in [0, 0.05) is 18.1 Å². The third-order valence-corrected chi connectivity index (χ3v) is 2.85. The lowest BCUT2D eigenvalue weighted by Gasteiger charge is -2.03. The second-order valence-electron chi connectivity index (χ2n) is 4.23. The lowest BCUT2D eigenvalue weighted by molar-refractivity contribution is 0.183. The summed E-state index contributed by atoms with van der Waals surface area (Å²) in [6, 6.07) is 4.96. The molecule has 1 aromatic heterocycles. The lowest BCUT2D eigenvalue weighted by Crippen LogP contribution is -2.14. The van der Waals surface area contributed by atoms with Crippen LogP contribution in [0, 0.1) is 5.82 Å². The third kappa shape index (κ3) is 2.54. The van der Waals surface area contributed by atoms with Crippen molar-refractivity contribution in [3.8, 4) is 0 Å². The van der Waals surface area contributed by atoms with E-state index in [9.17, 15) is 4.39 Å². The lowest BCUT2D eigenvalue weighted by atomic mass is 10.1. The Balaban J connectivity index is 2.37. The van der Waals surface area contributed by atoms with Gasteiger partial charge in [-0.15, -0.1) is 0 Å². The van der Waals surface area contributed by atoms with Crippen molar-refractivity contribution in [2.45, 2.75) is 26.5 Å². The first-order valence-corrected chi connectivity index (χ1v) is 6.16. The standard InChI is InChI=1S/C14H18FNO2/c1-3-7-16-8-13-11(9-17-2)10-5-4-6-12(15)14(10)18-13/h4-6,16H,3,7-9H2,1-2H3. The Labute approximate surface area is 106 Å². The fourth-order valence-corrected chi connectivity index (χ4v) is 2.01. The van der Waals surface area contributed by atoms with E-state index in [1.54, 1.807) is 13.2 Å². The molecule has 1 N–H and O–H groups in total. The molecule has 0 bridgehead atoms. The van der Waals surface area contributed by atoms with Crippen molar-refractivity contribution < 1.29 is 13.5 Å². The van der Waals surface area contributed by atoms with Gasteiger partial charge in [0.15, 0.2) is 11.4 Å². The largest absolute Gasteiger partial charge is 0.456 e. The predicted octanol–water partition coefficient (Wildman–Crippen LogP) is 3.22. The molecule has 0 unspecified atom stereocenters. The summed E-state index contributed by atoms with van der Waals surface area (Å²) in [5.74, 6) is 0.428. The molecule has 0 fully saturated rings. The number of fused-ring (bicyclic) bond motifs is 1. The van der Waals surface area contributed by atoms with Gasteiger partial charge in [0.05, 0.1) is 13.2 Å². The highest BCUT2D eigenvalue weighted by Gasteiger charge is 2.16. The van der Waals surface area contributed by atoms with Crippen LogP contribution < -0.4 is 5.32 Å². The fourth-order valence-electron chi connectivity index (χ4n) is 2.01. The number of nitrogens with one attached hydrogen (secondary N) is 1. The molecule has 98 valence electrons. The summed E-state index contributed by atoms with van der Waals surface area (Å²) in [7, 11) is 1.63. The van der Waals surface area contributed by atoms with Crippen molar-refractivity contribution in [3.05, 3.63) is 35.3 Å².